The largest absolute Gasteiger partial charge is 0.480 e. The lowest BCUT2D eigenvalue weighted by Gasteiger charge is -2.15. The molecule has 1 heterocycles. The lowest BCUT2D eigenvalue weighted by Crippen LogP contribution is -2.37. The van der Waals surface area contributed by atoms with Crippen LogP contribution in [0.15, 0.2) is 61.9 Å². The Morgan fingerprint density at radius 3 is 2.16 bits per heavy atom. The maximum atomic E-state index is 11.8. The molecule has 0 saturated heterocycles. The zero-order chi connectivity index (χ0) is 24.7. The summed E-state index contributed by atoms with van der Waals surface area (Å²) in [6.45, 7) is 16.7. The number of hydrogen-bond acceptors (Lipinski definition) is 6. The van der Waals surface area contributed by atoms with E-state index >= 15 is 0 Å². The smallest absolute Gasteiger partial charge is 0.321 e. The quantitative estimate of drug-likeness (QED) is 0.360. The van der Waals surface area contributed by atoms with Crippen molar-refractivity contribution in [3.8, 4) is 6.07 Å². The van der Waals surface area contributed by atoms with Gasteiger partial charge in [-0.3, -0.25) is 4.79 Å². The number of alkyl halides is 2. The zero-order valence-corrected chi connectivity index (χ0v) is 19.5. The van der Waals surface area contributed by atoms with E-state index in [2.05, 4.69) is 36.0 Å². The van der Waals surface area contributed by atoms with Gasteiger partial charge in [-0.05, 0) is 24.8 Å². The normalized spacial score (nSPS) is 10.6. The fourth-order valence-electron chi connectivity index (χ4n) is 1.62. The van der Waals surface area contributed by atoms with Gasteiger partial charge in [0.25, 0.3) is 0 Å². The van der Waals surface area contributed by atoms with Crippen molar-refractivity contribution >= 4 is 46.9 Å². The fourth-order valence-corrected chi connectivity index (χ4v) is 2.97. The van der Waals surface area contributed by atoms with E-state index < -0.39 is 23.0 Å². The minimum atomic E-state index is -1.74. The van der Waals surface area contributed by atoms with Gasteiger partial charge in [-0.15, -0.1) is 42.9 Å². The molecule has 1 unspecified atom stereocenters. The first-order valence-corrected chi connectivity index (χ1v) is 10.8. The van der Waals surface area contributed by atoms with Gasteiger partial charge in [-0.2, -0.15) is 5.26 Å². The summed E-state index contributed by atoms with van der Waals surface area (Å²) >= 11 is 11.0. The van der Waals surface area contributed by atoms with Crippen LogP contribution in [0.5, 0.6) is 0 Å². The third-order valence-electron chi connectivity index (χ3n) is 3.01. The second kappa shape index (κ2) is 23.8. The predicted octanol–water partition coefficient (Wildman–Crippen LogP) is 3.12. The SMILES string of the molecule is C=C.C=CC[C@@H](NS(=O)c1ccc(C#N)cn1)C(=O)O.C=CN(CCCl)CCCl.C=O. The van der Waals surface area contributed by atoms with Crippen molar-refractivity contribution in [1.29, 1.82) is 5.26 Å². The van der Waals surface area contributed by atoms with Gasteiger partial charge in [0.2, 0.25) is 0 Å². The highest BCUT2D eigenvalue weighted by atomic mass is 35.5. The first-order chi connectivity index (χ1) is 14.9. The molecule has 0 aliphatic rings. The minimum absolute atomic E-state index is 0.150. The van der Waals surface area contributed by atoms with Crippen molar-refractivity contribution in [1.82, 2.24) is 14.6 Å². The molecule has 0 fully saturated rings. The van der Waals surface area contributed by atoms with Crippen LogP contribution < -0.4 is 4.72 Å². The van der Waals surface area contributed by atoms with Gasteiger partial charge < -0.3 is 14.8 Å². The number of carbonyl (C=O) groups is 2. The molecular weight excluding hydrogens is 463 g/mol. The lowest BCUT2D eigenvalue weighted by atomic mass is 10.2. The number of nitrogens with zero attached hydrogens (tertiary/aromatic N) is 3. The van der Waals surface area contributed by atoms with E-state index in [1.54, 1.807) is 6.20 Å². The van der Waals surface area contributed by atoms with Gasteiger partial charge >= 0.3 is 5.97 Å². The van der Waals surface area contributed by atoms with Gasteiger partial charge in [0.15, 0.2) is 0 Å². The molecular formula is C20H28Cl2N4O4S. The van der Waals surface area contributed by atoms with Gasteiger partial charge in [0, 0.05) is 31.0 Å². The molecule has 0 saturated carbocycles. The number of aliphatic carboxylic acids is 1. The van der Waals surface area contributed by atoms with Gasteiger partial charge in [0.05, 0.1) is 5.56 Å². The van der Waals surface area contributed by atoms with Crippen molar-refractivity contribution in [3.05, 3.63) is 62.5 Å². The average molecular weight is 491 g/mol. The van der Waals surface area contributed by atoms with Crippen molar-refractivity contribution < 1.29 is 18.9 Å². The summed E-state index contributed by atoms with van der Waals surface area (Å²) in [5.41, 5.74) is 0.344. The van der Waals surface area contributed by atoms with Crippen molar-refractivity contribution in [3.63, 3.8) is 0 Å². The highest BCUT2D eigenvalue weighted by molar-refractivity contribution is 7.83. The van der Waals surface area contributed by atoms with Crippen LogP contribution in [0.1, 0.15) is 12.0 Å². The molecule has 11 heteroatoms. The highest BCUT2D eigenvalue weighted by Gasteiger charge is 2.19. The number of nitrogens with one attached hydrogen (secondary N) is 1. The third-order valence-corrected chi connectivity index (χ3v) is 4.46. The van der Waals surface area contributed by atoms with Crippen LogP contribution >= 0.6 is 23.2 Å². The Kier molecular flexibility index (Phi) is 25.4. The summed E-state index contributed by atoms with van der Waals surface area (Å²) in [5, 5.41) is 17.6. The second-order valence-corrected chi connectivity index (χ2v) is 6.84. The average Bonchev–Trinajstić information content (AvgIpc) is 2.81. The van der Waals surface area contributed by atoms with E-state index in [4.69, 9.17) is 38.4 Å². The summed E-state index contributed by atoms with van der Waals surface area (Å²) in [7, 11) is -1.74. The number of nitriles is 1. The van der Waals surface area contributed by atoms with Gasteiger partial charge in [0.1, 0.15) is 34.9 Å². The number of carboxylic acids is 1. The molecule has 0 aliphatic carbocycles. The summed E-state index contributed by atoms with van der Waals surface area (Å²) in [6.07, 6.45) is 4.61. The Morgan fingerprint density at radius 1 is 1.29 bits per heavy atom. The van der Waals surface area contributed by atoms with Crippen LogP contribution in [0.4, 0.5) is 0 Å². The molecule has 0 spiro atoms. The molecule has 31 heavy (non-hydrogen) atoms. The van der Waals surface area contributed by atoms with Gasteiger partial charge in [-0.25, -0.2) is 13.9 Å². The Labute approximate surface area is 196 Å². The van der Waals surface area contributed by atoms with E-state index in [-0.39, 0.29) is 11.4 Å². The van der Waals surface area contributed by atoms with Crippen molar-refractivity contribution in [2.75, 3.05) is 24.8 Å². The van der Waals surface area contributed by atoms with Crippen LogP contribution in [-0.4, -0.2) is 62.8 Å². The molecule has 0 bridgehead atoms. The van der Waals surface area contributed by atoms with E-state index in [0.29, 0.717) is 17.3 Å². The molecule has 0 amide bonds. The second-order valence-electron chi connectivity index (χ2n) is 4.90. The molecule has 2 N–H and O–H groups in total. The topological polar surface area (TPSA) is 123 Å². The molecule has 0 radical (unpaired) electrons. The Balaban J connectivity index is -0.000000509. The number of halogens is 2. The third kappa shape index (κ3) is 16.9. The first-order valence-electron chi connectivity index (χ1n) is 8.58. The van der Waals surface area contributed by atoms with E-state index in [1.807, 2.05) is 17.8 Å². The molecule has 1 aromatic rings. The van der Waals surface area contributed by atoms with Gasteiger partial charge in [-0.1, -0.05) is 12.7 Å². The maximum absolute atomic E-state index is 11.8. The van der Waals surface area contributed by atoms with Crippen LogP contribution in [-0.2, 0) is 20.6 Å². The van der Waals surface area contributed by atoms with Crippen LogP contribution in [0.25, 0.3) is 0 Å². The highest BCUT2D eigenvalue weighted by Crippen LogP contribution is 2.04. The molecule has 0 aliphatic heterocycles. The van der Waals surface area contributed by atoms with Crippen molar-refractivity contribution in [2.24, 2.45) is 0 Å². The summed E-state index contributed by atoms with van der Waals surface area (Å²) < 4.78 is 14.2. The predicted molar refractivity (Wildman–Crippen MR) is 126 cm³/mol. The molecule has 0 aromatic carbocycles. The Bertz CT molecular complexity index is 691. The molecule has 2 atom stereocenters. The van der Waals surface area contributed by atoms with E-state index in [0.717, 1.165) is 13.1 Å². The monoisotopic (exact) mass is 490 g/mol. The number of rotatable bonds is 11. The zero-order valence-electron chi connectivity index (χ0n) is 17.2. The Morgan fingerprint density at radius 2 is 1.84 bits per heavy atom. The number of aromatic nitrogens is 1. The number of carboxylic acid groups (broad SMARTS) is 1. The Hall–Kier alpha value is -2.51. The van der Waals surface area contributed by atoms with Crippen LogP contribution in [0, 0.1) is 11.3 Å². The summed E-state index contributed by atoms with van der Waals surface area (Å²) in [6, 6.07) is 3.77. The summed E-state index contributed by atoms with van der Waals surface area (Å²) in [5.74, 6) is 0.142. The number of carbonyl (C=O) groups excluding carboxylic acids is 1. The van der Waals surface area contributed by atoms with E-state index in [1.165, 1.54) is 24.4 Å². The first kappa shape index (κ1) is 33.1. The summed E-state index contributed by atoms with van der Waals surface area (Å²) in [4.78, 5) is 24.7. The fraction of sp³-hybridized carbons (Fsp3) is 0.300. The number of hydrogen-bond donors (Lipinski definition) is 2. The van der Waals surface area contributed by atoms with Crippen LogP contribution in [0.3, 0.4) is 0 Å². The molecule has 1 rings (SSSR count). The van der Waals surface area contributed by atoms with Crippen LogP contribution in [0.2, 0.25) is 0 Å². The lowest BCUT2D eigenvalue weighted by molar-refractivity contribution is -0.138. The standard InChI is InChI=1S/C11H11N3O3S.C6H11Cl2N.C2H4.CH2O/c1-2-3-9(11(15)16)14-18(17)10-5-4-8(6-12)7-13-10;1-2-9(5-3-7)6-4-8;2*1-2/h2,4-5,7,9,14H,1,3H2,(H,15,16);2H,1,3-6H2;1-2H2;1H2/t9-,18?;;;/m1.../s1. The minimum Gasteiger partial charge on any atom is -0.480 e. The van der Waals surface area contributed by atoms with Crippen molar-refractivity contribution in [2.45, 2.75) is 17.5 Å². The molecule has 8 nitrogen and oxygen atoms in total. The van der Waals surface area contributed by atoms with E-state index in [9.17, 15) is 9.00 Å². The maximum Gasteiger partial charge on any atom is 0.321 e. The molecule has 172 valence electrons. The number of pyridine rings is 1. The molecule has 1 aromatic heterocycles.